The number of carboxylic acids is 1. The summed E-state index contributed by atoms with van der Waals surface area (Å²) in [5.74, 6) is 0.0468. The standard InChI is InChI=1S/C7H11NO2/c1-8-5(4-2-3-4)6(8)7(9)10/h4-6H,2-3H2,1H3,(H,9,10)/t5-,6-,8?/m1/s1. The molecule has 1 unspecified atom stereocenters. The van der Waals surface area contributed by atoms with Crippen molar-refractivity contribution in [2.75, 3.05) is 7.05 Å². The minimum atomic E-state index is -0.653. The quantitative estimate of drug-likeness (QED) is 0.557. The summed E-state index contributed by atoms with van der Waals surface area (Å²) in [6.45, 7) is 0. The Balaban J connectivity index is 1.96. The van der Waals surface area contributed by atoms with E-state index in [9.17, 15) is 4.79 Å². The first-order chi connectivity index (χ1) is 4.72. The van der Waals surface area contributed by atoms with Crippen LogP contribution in [-0.4, -0.2) is 35.1 Å². The van der Waals surface area contributed by atoms with E-state index in [2.05, 4.69) is 0 Å². The molecule has 1 N–H and O–H groups in total. The van der Waals surface area contributed by atoms with Gasteiger partial charge in [0.15, 0.2) is 0 Å². The Labute approximate surface area is 59.6 Å². The van der Waals surface area contributed by atoms with E-state index in [0.29, 0.717) is 12.0 Å². The maximum Gasteiger partial charge on any atom is 0.322 e. The van der Waals surface area contributed by atoms with Gasteiger partial charge in [-0.1, -0.05) is 0 Å². The lowest BCUT2D eigenvalue weighted by atomic mass is 10.2. The Morgan fingerprint density at radius 1 is 1.60 bits per heavy atom. The molecule has 0 spiro atoms. The molecule has 0 aromatic carbocycles. The van der Waals surface area contributed by atoms with E-state index in [4.69, 9.17) is 5.11 Å². The molecule has 10 heavy (non-hydrogen) atoms. The highest BCUT2D eigenvalue weighted by molar-refractivity contribution is 5.78. The Kier molecular flexibility index (Phi) is 1.06. The lowest BCUT2D eigenvalue weighted by Crippen LogP contribution is -2.09. The van der Waals surface area contributed by atoms with E-state index in [1.54, 1.807) is 0 Å². The van der Waals surface area contributed by atoms with Crippen LogP contribution in [0.4, 0.5) is 0 Å². The van der Waals surface area contributed by atoms with Crippen LogP contribution in [0.2, 0.25) is 0 Å². The number of nitrogens with zero attached hydrogens (tertiary/aromatic N) is 1. The van der Waals surface area contributed by atoms with Crippen LogP contribution >= 0.6 is 0 Å². The number of carbonyl (C=O) groups is 1. The second kappa shape index (κ2) is 1.72. The molecule has 1 aliphatic heterocycles. The number of likely N-dealkylation sites (N-methyl/N-ethyl adjacent to an activating group) is 1. The molecule has 0 aromatic heterocycles. The van der Waals surface area contributed by atoms with Crippen molar-refractivity contribution < 1.29 is 9.90 Å². The van der Waals surface area contributed by atoms with Gasteiger partial charge in [0.25, 0.3) is 0 Å². The van der Waals surface area contributed by atoms with Crippen molar-refractivity contribution in [2.24, 2.45) is 5.92 Å². The van der Waals surface area contributed by atoms with Crippen molar-refractivity contribution in [1.82, 2.24) is 4.90 Å². The Bertz CT molecular complexity index is 176. The lowest BCUT2D eigenvalue weighted by Gasteiger charge is -1.85. The Morgan fingerprint density at radius 3 is 2.50 bits per heavy atom. The summed E-state index contributed by atoms with van der Waals surface area (Å²) in [5.41, 5.74) is 0. The molecular formula is C7H11NO2. The molecule has 1 saturated carbocycles. The molecule has 1 aliphatic carbocycles. The number of carboxylic acid groups (broad SMARTS) is 1. The highest BCUT2D eigenvalue weighted by Crippen LogP contribution is 2.45. The molecule has 0 radical (unpaired) electrons. The number of rotatable bonds is 2. The van der Waals surface area contributed by atoms with Crippen LogP contribution in [0.15, 0.2) is 0 Å². The third-order valence-corrected chi connectivity index (χ3v) is 2.50. The SMILES string of the molecule is CN1[C@H](C2CC2)[C@@H]1C(=O)O. The van der Waals surface area contributed by atoms with Crippen LogP contribution in [-0.2, 0) is 4.79 Å². The smallest absolute Gasteiger partial charge is 0.322 e. The molecule has 3 atom stereocenters. The topological polar surface area (TPSA) is 40.3 Å². The van der Waals surface area contributed by atoms with Gasteiger partial charge in [-0.25, -0.2) is 0 Å². The van der Waals surface area contributed by atoms with Crippen LogP contribution in [0.5, 0.6) is 0 Å². The molecular weight excluding hydrogens is 130 g/mol. The van der Waals surface area contributed by atoms with Crippen LogP contribution in [0, 0.1) is 5.92 Å². The third-order valence-electron chi connectivity index (χ3n) is 2.50. The monoisotopic (exact) mass is 141 g/mol. The number of hydrogen-bond donors (Lipinski definition) is 1. The van der Waals surface area contributed by atoms with Gasteiger partial charge in [-0.05, 0) is 25.8 Å². The zero-order chi connectivity index (χ0) is 7.30. The highest BCUT2D eigenvalue weighted by atomic mass is 16.4. The highest BCUT2D eigenvalue weighted by Gasteiger charge is 2.56. The van der Waals surface area contributed by atoms with Crippen LogP contribution in [0.3, 0.4) is 0 Å². The summed E-state index contributed by atoms with van der Waals surface area (Å²) in [4.78, 5) is 12.4. The molecule has 3 nitrogen and oxygen atoms in total. The summed E-state index contributed by atoms with van der Waals surface area (Å²) in [7, 11) is 1.89. The lowest BCUT2D eigenvalue weighted by molar-refractivity contribution is -0.137. The fraction of sp³-hybridized carbons (Fsp3) is 0.857. The molecule has 56 valence electrons. The Morgan fingerprint density at radius 2 is 2.20 bits per heavy atom. The van der Waals surface area contributed by atoms with E-state index in [1.807, 2.05) is 11.9 Å². The maximum atomic E-state index is 10.5. The molecule has 3 heteroatoms. The van der Waals surface area contributed by atoms with Crippen molar-refractivity contribution in [3.8, 4) is 0 Å². The first-order valence-electron chi connectivity index (χ1n) is 3.66. The van der Waals surface area contributed by atoms with Gasteiger partial charge in [0.05, 0.1) is 0 Å². The van der Waals surface area contributed by atoms with Crippen molar-refractivity contribution in [3.63, 3.8) is 0 Å². The van der Waals surface area contributed by atoms with Gasteiger partial charge in [0, 0.05) is 6.04 Å². The average molecular weight is 141 g/mol. The van der Waals surface area contributed by atoms with E-state index in [1.165, 1.54) is 12.8 Å². The second-order valence-corrected chi connectivity index (χ2v) is 3.28. The van der Waals surface area contributed by atoms with Gasteiger partial charge < -0.3 is 5.11 Å². The zero-order valence-electron chi connectivity index (χ0n) is 5.95. The molecule has 2 fully saturated rings. The predicted molar refractivity (Wildman–Crippen MR) is 35.7 cm³/mol. The molecule has 0 amide bonds. The average Bonchev–Trinajstić information content (AvgIpc) is 2.57. The molecule has 0 aromatic rings. The molecule has 0 bridgehead atoms. The van der Waals surface area contributed by atoms with E-state index in [0.717, 1.165) is 0 Å². The second-order valence-electron chi connectivity index (χ2n) is 3.28. The maximum absolute atomic E-state index is 10.5. The largest absolute Gasteiger partial charge is 0.480 e. The van der Waals surface area contributed by atoms with Crippen LogP contribution in [0.25, 0.3) is 0 Å². The van der Waals surface area contributed by atoms with E-state index in [-0.39, 0.29) is 6.04 Å². The third kappa shape index (κ3) is 0.736. The van der Waals surface area contributed by atoms with E-state index >= 15 is 0 Å². The summed E-state index contributed by atoms with van der Waals surface area (Å²) in [6, 6.07) is 0.213. The van der Waals surface area contributed by atoms with Crippen molar-refractivity contribution >= 4 is 5.97 Å². The molecule has 1 heterocycles. The van der Waals surface area contributed by atoms with Gasteiger partial charge in [-0.15, -0.1) is 0 Å². The van der Waals surface area contributed by atoms with E-state index < -0.39 is 5.97 Å². The minimum absolute atomic E-state index is 0.160. The number of aliphatic carboxylic acids is 1. The zero-order valence-corrected chi connectivity index (χ0v) is 5.95. The summed E-state index contributed by atoms with van der Waals surface area (Å²) in [5, 5.41) is 8.63. The molecule has 2 aliphatic rings. The first kappa shape index (κ1) is 6.16. The van der Waals surface area contributed by atoms with Gasteiger partial charge in [-0.2, -0.15) is 0 Å². The first-order valence-corrected chi connectivity index (χ1v) is 3.66. The summed E-state index contributed by atoms with van der Waals surface area (Å²) < 4.78 is 0. The van der Waals surface area contributed by atoms with Crippen LogP contribution < -0.4 is 0 Å². The minimum Gasteiger partial charge on any atom is -0.480 e. The summed E-state index contributed by atoms with van der Waals surface area (Å²) in [6.07, 6.45) is 2.47. The molecule has 1 saturated heterocycles. The van der Waals surface area contributed by atoms with Gasteiger partial charge in [0.2, 0.25) is 0 Å². The predicted octanol–water partition coefficient (Wildman–Crippen LogP) is 0.164. The normalized spacial score (nSPS) is 45.1. The number of hydrogen-bond acceptors (Lipinski definition) is 2. The van der Waals surface area contributed by atoms with Crippen molar-refractivity contribution in [3.05, 3.63) is 0 Å². The molecule has 2 rings (SSSR count). The Hall–Kier alpha value is -0.570. The fourth-order valence-electron chi connectivity index (χ4n) is 1.71. The van der Waals surface area contributed by atoms with Crippen LogP contribution in [0.1, 0.15) is 12.8 Å². The fourth-order valence-corrected chi connectivity index (χ4v) is 1.71. The van der Waals surface area contributed by atoms with Gasteiger partial charge in [-0.3, -0.25) is 9.69 Å². The van der Waals surface area contributed by atoms with Crippen molar-refractivity contribution in [1.29, 1.82) is 0 Å². The van der Waals surface area contributed by atoms with Crippen molar-refractivity contribution in [2.45, 2.75) is 24.9 Å². The van der Waals surface area contributed by atoms with Gasteiger partial charge >= 0.3 is 5.97 Å². The van der Waals surface area contributed by atoms with Gasteiger partial charge in [0.1, 0.15) is 6.04 Å². The summed E-state index contributed by atoms with van der Waals surface area (Å²) >= 11 is 0.